The molecule has 2 heterocycles. The maximum absolute atomic E-state index is 12.1. The predicted molar refractivity (Wildman–Crippen MR) is 82.8 cm³/mol. The van der Waals surface area contributed by atoms with Crippen LogP contribution >= 0.6 is 11.3 Å². The van der Waals surface area contributed by atoms with Gasteiger partial charge in [0.1, 0.15) is 6.33 Å². The maximum atomic E-state index is 12.1. The number of carbonyl (C=O) groups excluding carboxylic acids is 1. The number of tetrazole rings is 1. The molecular weight excluding hydrogens is 320 g/mol. The van der Waals surface area contributed by atoms with Crippen molar-refractivity contribution in [3.63, 3.8) is 0 Å². The molecule has 3 aromatic rings. The van der Waals surface area contributed by atoms with Gasteiger partial charge in [0.05, 0.1) is 15.5 Å². The lowest BCUT2D eigenvalue weighted by molar-refractivity contribution is -0.380. The molecule has 0 aliphatic heterocycles. The van der Waals surface area contributed by atoms with E-state index >= 15 is 0 Å². The molecule has 2 aromatic heterocycles. The van der Waals surface area contributed by atoms with Crippen LogP contribution in [0.2, 0.25) is 0 Å². The van der Waals surface area contributed by atoms with Crippen molar-refractivity contribution in [1.29, 1.82) is 0 Å². The standard InChI is InChI=1S/C13H10N6O3S/c1-8-6-9(2-3-10(8)18-7-14-16-17-18)15-13(20)11-4-5-12(23-11)19(21)22/h2-7H,1H3,(H,15,20). The Labute approximate surface area is 133 Å². The van der Waals surface area contributed by atoms with Crippen LogP contribution in [0.15, 0.2) is 36.7 Å². The fourth-order valence-electron chi connectivity index (χ4n) is 2.00. The van der Waals surface area contributed by atoms with Gasteiger partial charge in [-0.2, -0.15) is 0 Å². The first kappa shape index (κ1) is 14.8. The Balaban J connectivity index is 1.78. The Bertz CT molecular complexity index is 874. The molecule has 0 spiro atoms. The minimum absolute atomic E-state index is 0.0691. The number of hydrogen-bond acceptors (Lipinski definition) is 7. The molecule has 116 valence electrons. The van der Waals surface area contributed by atoms with E-state index in [0.717, 1.165) is 22.6 Å². The zero-order valence-corrected chi connectivity index (χ0v) is 12.6. The van der Waals surface area contributed by atoms with E-state index in [4.69, 9.17) is 0 Å². The molecule has 0 fully saturated rings. The summed E-state index contributed by atoms with van der Waals surface area (Å²) in [6, 6.07) is 8.01. The van der Waals surface area contributed by atoms with Gasteiger partial charge in [0.25, 0.3) is 5.91 Å². The number of benzene rings is 1. The SMILES string of the molecule is Cc1cc(NC(=O)c2ccc([N+](=O)[O-])s2)ccc1-n1cnnn1. The van der Waals surface area contributed by atoms with Crippen LogP contribution in [0.4, 0.5) is 10.7 Å². The molecular formula is C13H10N6O3S. The summed E-state index contributed by atoms with van der Waals surface area (Å²) < 4.78 is 1.52. The quantitative estimate of drug-likeness (QED) is 0.579. The number of hydrogen-bond donors (Lipinski definition) is 1. The number of thiophene rings is 1. The molecule has 3 rings (SSSR count). The van der Waals surface area contributed by atoms with Crippen molar-refractivity contribution >= 4 is 27.9 Å². The normalized spacial score (nSPS) is 10.5. The van der Waals surface area contributed by atoms with Crippen molar-refractivity contribution in [3.05, 3.63) is 57.2 Å². The van der Waals surface area contributed by atoms with Gasteiger partial charge >= 0.3 is 5.00 Å². The van der Waals surface area contributed by atoms with Crippen LogP contribution < -0.4 is 5.32 Å². The predicted octanol–water partition coefficient (Wildman–Crippen LogP) is 2.19. The van der Waals surface area contributed by atoms with E-state index in [1.807, 2.05) is 6.92 Å². The van der Waals surface area contributed by atoms with Crippen molar-refractivity contribution in [1.82, 2.24) is 20.2 Å². The second kappa shape index (κ2) is 5.93. The van der Waals surface area contributed by atoms with Gasteiger partial charge in [-0.1, -0.05) is 11.3 Å². The van der Waals surface area contributed by atoms with E-state index < -0.39 is 10.8 Å². The lowest BCUT2D eigenvalue weighted by atomic mass is 10.2. The Morgan fingerprint density at radius 1 is 1.35 bits per heavy atom. The van der Waals surface area contributed by atoms with E-state index in [0.29, 0.717) is 5.69 Å². The summed E-state index contributed by atoms with van der Waals surface area (Å²) in [6.45, 7) is 1.86. The molecule has 0 aliphatic carbocycles. The number of rotatable bonds is 4. The van der Waals surface area contributed by atoms with E-state index in [9.17, 15) is 14.9 Å². The number of amides is 1. The average molecular weight is 330 g/mol. The summed E-state index contributed by atoms with van der Waals surface area (Å²) in [4.78, 5) is 22.5. The van der Waals surface area contributed by atoms with Gasteiger partial charge in [-0.05, 0) is 47.2 Å². The molecule has 0 saturated heterocycles. The molecule has 0 unspecified atom stereocenters. The molecule has 0 bridgehead atoms. The van der Waals surface area contributed by atoms with Gasteiger partial charge in [-0.3, -0.25) is 14.9 Å². The van der Waals surface area contributed by atoms with Crippen LogP contribution in [0.25, 0.3) is 5.69 Å². The zero-order chi connectivity index (χ0) is 16.4. The first-order chi connectivity index (χ1) is 11.0. The second-order valence-electron chi connectivity index (χ2n) is 4.60. The van der Waals surface area contributed by atoms with Crippen LogP contribution in [-0.4, -0.2) is 31.0 Å². The van der Waals surface area contributed by atoms with Crippen LogP contribution in [0.3, 0.4) is 0 Å². The van der Waals surface area contributed by atoms with Crippen molar-refractivity contribution in [2.45, 2.75) is 6.92 Å². The zero-order valence-electron chi connectivity index (χ0n) is 11.8. The maximum Gasteiger partial charge on any atom is 0.324 e. The summed E-state index contributed by atoms with van der Waals surface area (Å²) in [5.41, 5.74) is 2.24. The first-order valence-corrected chi connectivity index (χ1v) is 7.26. The van der Waals surface area contributed by atoms with E-state index in [2.05, 4.69) is 20.8 Å². The van der Waals surface area contributed by atoms with Crippen molar-refractivity contribution in [3.8, 4) is 5.69 Å². The number of nitrogens with one attached hydrogen (secondary N) is 1. The molecule has 9 nitrogen and oxygen atoms in total. The van der Waals surface area contributed by atoms with Crippen molar-refractivity contribution in [2.75, 3.05) is 5.32 Å². The molecule has 1 aromatic carbocycles. The summed E-state index contributed by atoms with van der Waals surface area (Å²) in [5, 5.41) is 24.3. The van der Waals surface area contributed by atoms with Gasteiger partial charge in [-0.15, -0.1) is 5.10 Å². The monoisotopic (exact) mass is 330 g/mol. The summed E-state index contributed by atoms with van der Waals surface area (Å²) in [6.07, 6.45) is 1.48. The number of anilines is 1. The number of carbonyl (C=O) groups is 1. The highest BCUT2D eigenvalue weighted by Gasteiger charge is 2.15. The third-order valence-electron chi connectivity index (χ3n) is 3.05. The fraction of sp³-hybridized carbons (Fsp3) is 0.0769. The van der Waals surface area contributed by atoms with Gasteiger partial charge in [0.15, 0.2) is 0 Å². The summed E-state index contributed by atoms with van der Waals surface area (Å²) in [5.74, 6) is -0.391. The lowest BCUT2D eigenvalue weighted by Gasteiger charge is -2.08. The Hall–Kier alpha value is -3.14. The Kier molecular flexibility index (Phi) is 3.81. The molecule has 1 N–H and O–H groups in total. The third-order valence-corrected chi connectivity index (χ3v) is 4.08. The highest BCUT2D eigenvalue weighted by Crippen LogP contribution is 2.25. The van der Waals surface area contributed by atoms with E-state index in [1.165, 1.54) is 23.1 Å². The molecule has 23 heavy (non-hydrogen) atoms. The fourth-order valence-corrected chi connectivity index (χ4v) is 2.72. The van der Waals surface area contributed by atoms with Crippen LogP contribution in [0.1, 0.15) is 15.2 Å². The number of aryl methyl sites for hydroxylation is 1. The highest BCUT2D eigenvalue weighted by molar-refractivity contribution is 7.17. The molecule has 0 saturated carbocycles. The van der Waals surface area contributed by atoms with E-state index in [1.54, 1.807) is 18.2 Å². The minimum Gasteiger partial charge on any atom is -0.321 e. The molecule has 0 aliphatic rings. The van der Waals surface area contributed by atoms with Gasteiger partial charge in [-0.25, -0.2) is 4.68 Å². The molecule has 1 amide bonds. The first-order valence-electron chi connectivity index (χ1n) is 6.44. The van der Waals surface area contributed by atoms with E-state index in [-0.39, 0.29) is 9.88 Å². The topological polar surface area (TPSA) is 116 Å². The van der Waals surface area contributed by atoms with Crippen molar-refractivity contribution < 1.29 is 9.72 Å². The Morgan fingerprint density at radius 3 is 2.78 bits per heavy atom. The molecule has 0 radical (unpaired) electrons. The van der Waals surface area contributed by atoms with Crippen LogP contribution in [0.5, 0.6) is 0 Å². The van der Waals surface area contributed by atoms with Gasteiger partial charge in [0.2, 0.25) is 0 Å². The minimum atomic E-state index is -0.521. The summed E-state index contributed by atoms with van der Waals surface area (Å²) >= 11 is 0.832. The smallest absolute Gasteiger partial charge is 0.321 e. The second-order valence-corrected chi connectivity index (χ2v) is 5.67. The van der Waals surface area contributed by atoms with Gasteiger partial charge < -0.3 is 5.32 Å². The summed E-state index contributed by atoms with van der Waals surface area (Å²) in [7, 11) is 0. The number of aromatic nitrogens is 4. The number of nitro groups is 1. The molecule has 0 atom stereocenters. The third kappa shape index (κ3) is 3.06. The highest BCUT2D eigenvalue weighted by atomic mass is 32.1. The average Bonchev–Trinajstić information content (AvgIpc) is 3.19. The largest absolute Gasteiger partial charge is 0.324 e. The lowest BCUT2D eigenvalue weighted by Crippen LogP contribution is -2.10. The van der Waals surface area contributed by atoms with Crippen LogP contribution in [-0.2, 0) is 0 Å². The van der Waals surface area contributed by atoms with Crippen LogP contribution in [0, 0.1) is 17.0 Å². The number of nitrogens with zero attached hydrogens (tertiary/aromatic N) is 5. The van der Waals surface area contributed by atoms with Crippen molar-refractivity contribution in [2.24, 2.45) is 0 Å². The van der Waals surface area contributed by atoms with Gasteiger partial charge in [0, 0.05) is 11.8 Å². The molecule has 10 heteroatoms. The Morgan fingerprint density at radius 2 is 2.17 bits per heavy atom.